The number of para-hydroxylation sites is 2. The lowest BCUT2D eigenvalue weighted by molar-refractivity contribution is -0.139. The van der Waals surface area contributed by atoms with Crippen LogP contribution >= 0.6 is 0 Å². The minimum atomic E-state index is -0.578. The summed E-state index contributed by atoms with van der Waals surface area (Å²) in [5, 5.41) is 0. The fourth-order valence-electron chi connectivity index (χ4n) is 4.38. The van der Waals surface area contributed by atoms with E-state index in [1.165, 1.54) is 0 Å². The molecule has 162 valence electrons. The summed E-state index contributed by atoms with van der Waals surface area (Å²) in [4.78, 5) is 34.3. The summed E-state index contributed by atoms with van der Waals surface area (Å²) in [6.07, 6.45) is 3.97. The number of hydrogen-bond acceptors (Lipinski definition) is 5. The van der Waals surface area contributed by atoms with E-state index in [2.05, 4.69) is 4.98 Å². The van der Waals surface area contributed by atoms with Gasteiger partial charge in [0, 0.05) is 19.6 Å². The number of fused-ring (bicyclic) bond motifs is 1. The van der Waals surface area contributed by atoms with Crippen LogP contribution in [0.1, 0.15) is 64.7 Å². The van der Waals surface area contributed by atoms with Crippen molar-refractivity contribution in [3.63, 3.8) is 0 Å². The van der Waals surface area contributed by atoms with E-state index in [1.54, 1.807) is 4.90 Å². The van der Waals surface area contributed by atoms with Gasteiger partial charge in [0.1, 0.15) is 17.2 Å². The molecule has 0 radical (unpaired) electrons. The number of oxazole rings is 1. The number of ether oxygens (including phenoxy) is 1. The van der Waals surface area contributed by atoms with Crippen molar-refractivity contribution in [3.05, 3.63) is 30.2 Å². The molecule has 2 fully saturated rings. The topological polar surface area (TPSA) is 75.9 Å². The first-order chi connectivity index (χ1) is 14.3. The van der Waals surface area contributed by atoms with Crippen molar-refractivity contribution < 1.29 is 18.7 Å². The highest BCUT2D eigenvalue weighted by atomic mass is 16.6. The van der Waals surface area contributed by atoms with Gasteiger partial charge < -0.3 is 14.1 Å². The second-order valence-corrected chi connectivity index (χ2v) is 9.33. The van der Waals surface area contributed by atoms with Crippen molar-refractivity contribution in [1.29, 1.82) is 0 Å². The maximum absolute atomic E-state index is 13.4. The molecule has 7 nitrogen and oxygen atoms in total. The SMILES string of the molecule is CC(C)(C)OC(=O)N1CCCC[C@H]1C(=O)N1CCC[C@@H](c2nc3ccccc3o2)C1. The molecule has 1 aromatic carbocycles. The monoisotopic (exact) mass is 413 g/mol. The Bertz CT molecular complexity index is 884. The van der Waals surface area contributed by atoms with E-state index in [-0.39, 0.29) is 11.8 Å². The smallest absolute Gasteiger partial charge is 0.410 e. The molecule has 0 saturated carbocycles. The van der Waals surface area contributed by atoms with Crippen LogP contribution in [-0.2, 0) is 9.53 Å². The molecule has 4 rings (SSSR count). The van der Waals surface area contributed by atoms with Gasteiger partial charge in [0.2, 0.25) is 5.91 Å². The molecule has 3 heterocycles. The minimum absolute atomic E-state index is 0.0152. The second-order valence-electron chi connectivity index (χ2n) is 9.33. The van der Waals surface area contributed by atoms with Crippen molar-refractivity contribution in [2.24, 2.45) is 0 Å². The van der Waals surface area contributed by atoms with Crippen LogP contribution in [-0.4, -0.2) is 58.1 Å². The number of rotatable bonds is 2. The molecule has 0 N–H and O–H groups in total. The van der Waals surface area contributed by atoms with Crippen LogP contribution < -0.4 is 0 Å². The van der Waals surface area contributed by atoms with E-state index in [0.29, 0.717) is 31.9 Å². The number of benzene rings is 1. The van der Waals surface area contributed by atoms with Crippen molar-refractivity contribution in [2.45, 2.75) is 70.4 Å². The first-order valence-electron chi connectivity index (χ1n) is 11.0. The number of piperidine rings is 2. The number of aromatic nitrogens is 1. The highest BCUT2D eigenvalue weighted by Crippen LogP contribution is 2.30. The molecule has 1 aromatic heterocycles. The molecular formula is C23H31N3O4. The van der Waals surface area contributed by atoms with E-state index in [1.807, 2.05) is 49.9 Å². The molecule has 2 saturated heterocycles. The van der Waals surface area contributed by atoms with Crippen molar-refractivity contribution in [1.82, 2.24) is 14.8 Å². The van der Waals surface area contributed by atoms with Gasteiger partial charge in [0.25, 0.3) is 0 Å². The van der Waals surface area contributed by atoms with E-state index in [4.69, 9.17) is 9.15 Å². The van der Waals surface area contributed by atoms with Gasteiger partial charge in [0.15, 0.2) is 11.5 Å². The van der Waals surface area contributed by atoms with Crippen molar-refractivity contribution >= 4 is 23.1 Å². The number of amides is 2. The Balaban J connectivity index is 1.47. The largest absolute Gasteiger partial charge is 0.444 e. The van der Waals surface area contributed by atoms with Crippen LogP contribution in [0.5, 0.6) is 0 Å². The van der Waals surface area contributed by atoms with Crippen molar-refractivity contribution in [3.8, 4) is 0 Å². The molecule has 30 heavy (non-hydrogen) atoms. The maximum Gasteiger partial charge on any atom is 0.410 e. The number of carbonyl (C=O) groups is 2. The van der Waals surface area contributed by atoms with Gasteiger partial charge in [-0.15, -0.1) is 0 Å². The number of likely N-dealkylation sites (tertiary alicyclic amines) is 2. The predicted molar refractivity (Wildman–Crippen MR) is 113 cm³/mol. The molecule has 0 aliphatic carbocycles. The highest BCUT2D eigenvalue weighted by molar-refractivity contribution is 5.86. The van der Waals surface area contributed by atoms with Gasteiger partial charge in [0.05, 0.1) is 5.92 Å². The Morgan fingerprint density at radius 1 is 1.10 bits per heavy atom. The summed E-state index contributed by atoms with van der Waals surface area (Å²) in [6, 6.07) is 7.28. The number of nitrogens with zero attached hydrogens (tertiary/aromatic N) is 3. The molecule has 2 atom stereocenters. The molecule has 2 aliphatic rings. The zero-order valence-electron chi connectivity index (χ0n) is 18.1. The third kappa shape index (κ3) is 4.45. The van der Waals surface area contributed by atoms with Crippen LogP contribution in [0.25, 0.3) is 11.1 Å². The average Bonchev–Trinajstić information content (AvgIpc) is 3.16. The zero-order chi connectivity index (χ0) is 21.3. The van der Waals surface area contributed by atoms with E-state index in [0.717, 1.165) is 36.8 Å². The fourth-order valence-corrected chi connectivity index (χ4v) is 4.38. The van der Waals surface area contributed by atoms with Crippen LogP contribution in [0.4, 0.5) is 4.79 Å². The Kier molecular flexibility index (Phi) is 5.71. The standard InChI is InChI=1S/C23H31N3O4/c1-23(2,3)30-22(28)26-14-7-6-11-18(26)21(27)25-13-8-9-16(15-25)20-24-17-10-4-5-12-19(17)29-20/h4-5,10,12,16,18H,6-9,11,13-15H2,1-3H3/t16-,18+/m1/s1. The molecule has 0 bridgehead atoms. The zero-order valence-corrected chi connectivity index (χ0v) is 18.1. The lowest BCUT2D eigenvalue weighted by Crippen LogP contribution is -2.55. The second kappa shape index (κ2) is 8.28. The molecule has 0 unspecified atom stereocenters. The lowest BCUT2D eigenvalue weighted by atomic mass is 9.95. The molecule has 2 aliphatic heterocycles. The van der Waals surface area contributed by atoms with Crippen molar-refractivity contribution in [2.75, 3.05) is 19.6 Å². The van der Waals surface area contributed by atoms with E-state index in [9.17, 15) is 9.59 Å². The molecule has 0 spiro atoms. The van der Waals surface area contributed by atoms with Crippen LogP contribution in [0.2, 0.25) is 0 Å². The Morgan fingerprint density at radius 3 is 2.67 bits per heavy atom. The summed E-state index contributed by atoms with van der Waals surface area (Å²) >= 11 is 0. The summed E-state index contributed by atoms with van der Waals surface area (Å²) < 4.78 is 11.5. The van der Waals surface area contributed by atoms with Gasteiger partial charge in [-0.3, -0.25) is 9.69 Å². The molecule has 2 amide bonds. The molecule has 7 heteroatoms. The number of hydrogen-bond donors (Lipinski definition) is 0. The Morgan fingerprint density at radius 2 is 1.90 bits per heavy atom. The van der Waals surface area contributed by atoms with Gasteiger partial charge >= 0.3 is 6.09 Å². The van der Waals surface area contributed by atoms with Crippen LogP contribution in [0, 0.1) is 0 Å². The number of carbonyl (C=O) groups excluding carboxylic acids is 2. The minimum Gasteiger partial charge on any atom is -0.444 e. The average molecular weight is 414 g/mol. The molecular weight excluding hydrogens is 382 g/mol. The van der Waals surface area contributed by atoms with Gasteiger partial charge in [-0.25, -0.2) is 9.78 Å². The van der Waals surface area contributed by atoms with E-state index < -0.39 is 17.7 Å². The Hall–Kier alpha value is -2.57. The summed E-state index contributed by atoms with van der Waals surface area (Å²) in [5.41, 5.74) is 1.05. The Labute approximate surface area is 177 Å². The quantitative estimate of drug-likeness (QED) is 0.733. The third-order valence-electron chi connectivity index (χ3n) is 5.81. The maximum atomic E-state index is 13.4. The van der Waals surface area contributed by atoms with Gasteiger partial charge in [-0.1, -0.05) is 12.1 Å². The third-order valence-corrected chi connectivity index (χ3v) is 5.81. The first kappa shape index (κ1) is 20.7. The predicted octanol–water partition coefficient (Wildman–Crippen LogP) is 4.32. The van der Waals surface area contributed by atoms with Gasteiger partial charge in [-0.05, 0) is 65.0 Å². The lowest BCUT2D eigenvalue weighted by Gasteiger charge is -2.40. The highest BCUT2D eigenvalue weighted by Gasteiger charge is 2.38. The molecule has 2 aromatic rings. The van der Waals surface area contributed by atoms with Crippen LogP contribution in [0.3, 0.4) is 0 Å². The summed E-state index contributed by atoms with van der Waals surface area (Å²) in [7, 11) is 0. The normalized spacial score (nSPS) is 22.9. The summed E-state index contributed by atoms with van der Waals surface area (Å²) in [5.74, 6) is 0.788. The first-order valence-corrected chi connectivity index (χ1v) is 11.0. The fraction of sp³-hybridized carbons (Fsp3) is 0.609. The van der Waals surface area contributed by atoms with Gasteiger partial charge in [-0.2, -0.15) is 0 Å². The van der Waals surface area contributed by atoms with E-state index >= 15 is 0 Å². The van der Waals surface area contributed by atoms with Crippen LogP contribution in [0.15, 0.2) is 28.7 Å². The summed E-state index contributed by atoms with van der Waals surface area (Å²) in [6.45, 7) is 7.38.